The molecule has 4 aromatic rings. The highest BCUT2D eigenvalue weighted by Gasteiger charge is 2.21. The third kappa shape index (κ3) is 5.19. The second-order valence-electron chi connectivity index (χ2n) is 8.49. The van der Waals surface area contributed by atoms with Gasteiger partial charge in [0.15, 0.2) is 5.65 Å². The molecule has 33 heavy (non-hydrogen) atoms. The molecular formula is C25H24BrCl2N5. The molecule has 5 rings (SSSR count). The maximum atomic E-state index is 6.46. The number of piperidine rings is 1. The summed E-state index contributed by atoms with van der Waals surface area (Å²) in [5.74, 6) is 1.47. The number of anilines is 1. The highest BCUT2D eigenvalue weighted by molar-refractivity contribution is 9.10. The first kappa shape index (κ1) is 22.7. The minimum Gasteiger partial charge on any atom is -0.370 e. The SMILES string of the molecule is Clc1ccc(CN2CCCC(CNc3cc(-c4ccccc4Cl)nc4c(Br)cnn34)C2)cc1. The minimum atomic E-state index is 0.553. The van der Waals surface area contributed by atoms with Crippen molar-refractivity contribution in [1.82, 2.24) is 19.5 Å². The van der Waals surface area contributed by atoms with Gasteiger partial charge in [-0.25, -0.2) is 4.98 Å². The zero-order valence-corrected chi connectivity index (χ0v) is 21.1. The van der Waals surface area contributed by atoms with Crippen LogP contribution >= 0.6 is 39.1 Å². The fourth-order valence-electron chi connectivity index (χ4n) is 4.43. The van der Waals surface area contributed by atoms with E-state index >= 15 is 0 Å². The fraction of sp³-hybridized carbons (Fsp3) is 0.280. The third-order valence-corrected chi connectivity index (χ3v) is 7.21. The number of aromatic nitrogens is 3. The van der Waals surface area contributed by atoms with E-state index in [-0.39, 0.29) is 0 Å². The van der Waals surface area contributed by atoms with Crippen molar-refractivity contribution in [1.29, 1.82) is 0 Å². The van der Waals surface area contributed by atoms with E-state index in [1.807, 2.05) is 47.0 Å². The Morgan fingerprint density at radius 3 is 2.73 bits per heavy atom. The quantitative estimate of drug-likeness (QED) is 0.290. The zero-order chi connectivity index (χ0) is 22.8. The lowest BCUT2D eigenvalue weighted by molar-refractivity contribution is 0.173. The molecule has 3 heterocycles. The molecule has 1 unspecified atom stereocenters. The van der Waals surface area contributed by atoms with Crippen molar-refractivity contribution in [3.8, 4) is 11.3 Å². The summed E-state index contributed by atoms with van der Waals surface area (Å²) in [6.45, 7) is 4.01. The van der Waals surface area contributed by atoms with Gasteiger partial charge in [0, 0.05) is 41.3 Å². The molecule has 0 amide bonds. The van der Waals surface area contributed by atoms with Crippen LogP contribution in [0.15, 0.2) is 65.3 Å². The molecule has 1 aliphatic rings. The number of hydrogen-bond donors (Lipinski definition) is 1. The highest BCUT2D eigenvalue weighted by Crippen LogP contribution is 2.30. The van der Waals surface area contributed by atoms with Crippen LogP contribution in [0.25, 0.3) is 16.9 Å². The lowest BCUT2D eigenvalue weighted by Crippen LogP contribution is -2.37. The standard InChI is InChI=1S/C25H24BrCl2N5/c26-21-14-30-33-24(12-23(31-25(21)33)20-5-1-2-6-22(20)28)29-13-18-4-3-11-32(16-18)15-17-7-9-19(27)10-8-17/h1-2,5-10,12,14,18,29H,3-4,11,13,15-16H2. The van der Waals surface area contributed by atoms with Gasteiger partial charge in [-0.05, 0) is 65.0 Å². The second kappa shape index (κ2) is 10.0. The van der Waals surface area contributed by atoms with Gasteiger partial charge in [-0.15, -0.1) is 0 Å². The first-order valence-electron chi connectivity index (χ1n) is 11.1. The maximum Gasteiger partial charge on any atom is 0.172 e. The van der Waals surface area contributed by atoms with Crippen LogP contribution in [0.2, 0.25) is 10.0 Å². The van der Waals surface area contributed by atoms with Gasteiger partial charge in [-0.1, -0.05) is 53.5 Å². The summed E-state index contributed by atoms with van der Waals surface area (Å²) in [7, 11) is 0. The number of fused-ring (bicyclic) bond motifs is 1. The van der Waals surface area contributed by atoms with Crippen LogP contribution in [0.4, 0.5) is 5.82 Å². The van der Waals surface area contributed by atoms with Crippen molar-refractivity contribution in [2.24, 2.45) is 5.92 Å². The first-order valence-corrected chi connectivity index (χ1v) is 12.6. The number of rotatable bonds is 6. The number of likely N-dealkylation sites (tertiary alicyclic amines) is 1. The van der Waals surface area contributed by atoms with Gasteiger partial charge in [-0.2, -0.15) is 9.61 Å². The fourth-order valence-corrected chi connectivity index (χ4v) is 5.13. The lowest BCUT2D eigenvalue weighted by atomic mass is 9.97. The Bertz CT molecular complexity index is 1260. The van der Waals surface area contributed by atoms with Crippen LogP contribution in [-0.2, 0) is 6.54 Å². The molecule has 1 N–H and O–H groups in total. The number of nitrogens with one attached hydrogen (secondary N) is 1. The van der Waals surface area contributed by atoms with E-state index in [1.54, 1.807) is 6.20 Å². The van der Waals surface area contributed by atoms with Crippen LogP contribution in [-0.4, -0.2) is 39.1 Å². The van der Waals surface area contributed by atoms with Crippen LogP contribution in [0, 0.1) is 5.92 Å². The third-order valence-electron chi connectivity index (χ3n) is 6.07. The Hall–Kier alpha value is -2.12. The van der Waals surface area contributed by atoms with Crippen molar-refractivity contribution >= 4 is 50.6 Å². The van der Waals surface area contributed by atoms with Crippen LogP contribution in [0.5, 0.6) is 0 Å². The molecule has 2 aromatic heterocycles. The van der Waals surface area contributed by atoms with Crippen molar-refractivity contribution in [3.63, 3.8) is 0 Å². The van der Waals surface area contributed by atoms with E-state index < -0.39 is 0 Å². The Morgan fingerprint density at radius 2 is 1.91 bits per heavy atom. The van der Waals surface area contributed by atoms with Gasteiger partial charge in [0.25, 0.3) is 0 Å². The van der Waals surface area contributed by atoms with Crippen molar-refractivity contribution in [2.75, 3.05) is 25.0 Å². The summed E-state index contributed by atoms with van der Waals surface area (Å²) in [5, 5.41) is 9.62. The van der Waals surface area contributed by atoms with Crippen LogP contribution in [0.1, 0.15) is 18.4 Å². The molecule has 2 aromatic carbocycles. The summed E-state index contributed by atoms with van der Waals surface area (Å²) in [5.41, 5.74) is 3.80. The second-order valence-corrected chi connectivity index (χ2v) is 10.2. The molecule has 8 heteroatoms. The Balaban J connectivity index is 1.32. The minimum absolute atomic E-state index is 0.553. The predicted octanol–water partition coefficient (Wildman–Crippen LogP) is 6.79. The largest absolute Gasteiger partial charge is 0.370 e. The molecule has 0 radical (unpaired) electrons. The monoisotopic (exact) mass is 543 g/mol. The summed E-state index contributed by atoms with van der Waals surface area (Å²) in [4.78, 5) is 7.33. The molecule has 0 bridgehead atoms. The summed E-state index contributed by atoms with van der Waals surface area (Å²) >= 11 is 16.1. The molecule has 0 saturated carbocycles. The van der Waals surface area contributed by atoms with Crippen molar-refractivity contribution in [3.05, 3.63) is 80.9 Å². The number of hydrogen-bond acceptors (Lipinski definition) is 4. The van der Waals surface area contributed by atoms with E-state index in [0.717, 1.165) is 58.4 Å². The molecule has 1 fully saturated rings. The van der Waals surface area contributed by atoms with Crippen LogP contribution in [0.3, 0.4) is 0 Å². The number of halogens is 3. The molecule has 0 spiro atoms. The van der Waals surface area contributed by atoms with Gasteiger partial charge < -0.3 is 5.32 Å². The summed E-state index contributed by atoms with van der Waals surface area (Å²) in [6, 6.07) is 18.0. The van der Waals surface area contributed by atoms with Gasteiger partial charge in [0.2, 0.25) is 0 Å². The molecule has 170 valence electrons. The number of nitrogens with zero attached hydrogens (tertiary/aromatic N) is 4. The summed E-state index contributed by atoms with van der Waals surface area (Å²) in [6.07, 6.45) is 4.18. The van der Waals surface area contributed by atoms with Gasteiger partial charge >= 0.3 is 0 Å². The average molecular weight is 545 g/mol. The van der Waals surface area contributed by atoms with Crippen molar-refractivity contribution < 1.29 is 0 Å². The predicted molar refractivity (Wildman–Crippen MR) is 139 cm³/mol. The smallest absolute Gasteiger partial charge is 0.172 e. The first-order chi connectivity index (χ1) is 16.1. The van der Waals surface area contributed by atoms with E-state index in [2.05, 4.69) is 43.4 Å². The van der Waals surface area contributed by atoms with E-state index in [0.29, 0.717) is 10.9 Å². The number of benzene rings is 2. The van der Waals surface area contributed by atoms with Crippen molar-refractivity contribution in [2.45, 2.75) is 19.4 Å². The molecule has 5 nitrogen and oxygen atoms in total. The molecule has 1 saturated heterocycles. The maximum absolute atomic E-state index is 6.46. The Morgan fingerprint density at radius 1 is 1.09 bits per heavy atom. The molecule has 0 aliphatic carbocycles. The van der Waals surface area contributed by atoms with Gasteiger partial charge in [0.1, 0.15) is 5.82 Å². The summed E-state index contributed by atoms with van der Waals surface area (Å²) < 4.78 is 2.70. The zero-order valence-electron chi connectivity index (χ0n) is 18.0. The van der Waals surface area contributed by atoms with Gasteiger partial charge in [-0.3, -0.25) is 4.90 Å². The van der Waals surface area contributed by atoms with E-state index in [9.17, 15) is 0 Å². The Kier molecular flexibility index (Phi) is 6.88. The molecular weight excluding hydrogens is 521 g/mol. The topological polar surface area (TPSA) is 45.5 Å². The van der Waals surface area contributed by atoms with Crippen LogP contribution < -0.4 is 5.32 Å². The lowest BCUT2D eigenvalue weighted by Gasteiger charge is -2.33. The van der Waals surface area contributed by atoms with E-state index in [1.165, 1.54) is 18.4 Å². The average Bonchev–Trinajstić information content (AvgIpc) is 3.20. The van der Waals surface area contributed by atoms with Gasteiger partial charge in [0.05, 0.1) is 16.4 Å². The normalized spacial score (nSPS) is 16.9. The Labute approximate surface area is 211 Å². The molecule has 1 aliphatic heterocycles. The molecule has 1 atom stereocenters. The van der Waals surface area contributed by atoms with E-state index in [4.69, 9.17) is 28.2 Å². The highest BCUT2D eigenvalue weighted by atomic mass is 79.9.